The van der Waals surface area contributed by atoms with Gasteiger partial charge in [0, 0.05) is 24.9 Å². The number of amides is 1. The van der Waals surface area contributed by atoms with Gasteiger partial charge in [-0.25, -0.2) is 4.68 Å². The molecule has 1 aromatic heterocycles. The fourth-order valence-electron chi connectivity index (χ4n) is 1.32. The molecule has 5 heteroatoms. The molecule has 0 aromatic carbocycles. The number of carbonyl (C=O) groups is 2. The number of aromatic nitrogens is 2. The molecule has 0 radical (unpaired) electrons. The van der Waals surface area contributed by atoms with E-state index in [1.165, 1.54) is 6.92 Å². The van der Waals surface area contributed by atoms with Crippen LogP contribution >= 0.6 is 0 Å². The van der Waals surface area contributed by atoms with Crippen molar-refractivity contribution >= 4 is 17.5 Å². The molecule has 0 aliphatic carbocycles. The third-order valence-corrected chi connectivity index (χ3v) is 2.13. The Bertz CT molecular complexity index is 382. The Kier molecular flexibility index (Phi) is 4.22. The zero-order valence-electron chi connectivity index (χ0n) is 9.86. The SMILES string of the molecule is CC(=O)CCC(=O)Nc1ccnn1C(C)C. The van der Waals surface area contributed by atoms with Crippen molar-refractivity contribution in [1.29, 1.82) is 0 Å². The molecule has 1 aromatic rings. The molecule has 0 aliphatic rings. The summed E-state index contributed by atoms with van der Waals surface area (Å²) < 4.78 is 1.73. The molecule has 0 bridgehead atoms. The number of anilines is 1. The number of hydrogen-bond donors (Lipinski definition) is 1. The van der Waals surface area contributed by atoms with E-state index >= 15 is 0 Å². The predicted octanol–water partition coefficient (Wildman–Crippen LogP) is 1.77. The molecular weight excluding hydrogens is 206 g/mol. The van der Waals surface area contributed by atoms with Crippen molar-refractivity contribution < 1.29 is 9.59 Å². The monoisotopic (exact) mass is 223 g/mol. The van der Waals surface area contributed by atoms with E-state index in [9.17, 15) is 9.59 Å². The van der Waals surface area contributed by atoms with Gasteiger partial charge in [-0.05, 0) is 20.8 Å². The number of nitrogens with one attached hydrogen (secondary N) is 1. The lowest BCUT2D eigenvalue weighted by Gasteiger charge is -2.11. The van der Waals surface area contributed by atoms with E-state index in [-0.39, 0.29) is 30.6 Å². The number of hydrogen-bond acceptors (Lipinski definition) is 3. The molecule has 1 heterocycles. The summed E-state index contributed by atoms with van der Waals surface area (Å²) in [6.45, 7) is 5.45. The van der Waals surface area contributed by atoms with Crippen molar-refractivity contribution in [1.82, 2.24) is 9.78 Å². The van der Waals surface area contributed by atoms with Crippen LogP contribution in [0.5, 0.6) is 0 Å². The van der Waals surface area contributed by atoms with E-state index in [1.807, 2.05) is 13.8 Å². The van der Waals surface area contributed by atoms with Gasteiger partial charge in [0.25, 0.3) is 0 Å². The van der Waals surface area contributed by atoms with Crippen LogP contribution in [0.25, 0.3) is 0 Å². The average molecular weight is 223 g/mol. The van der Waals surface area contributed by atoms with E-state index in [0.29, 0.717) is 5.82 Å². The van der Waals surface area contributed by atoms with Crippen LogP contribution in [0.1, 0.15) is 39.7 Å². The minimum atomic E-state index is -0.155. The quantitative estimate of drug-likeness (QED) is 0.827. The maximum Gasteiger partial charge on any atom is 0.225 e. The molecule has 0 spiro atoms. The summed E-state index contributed by atoms with van der Waals surface area (Å²) >= 11 is 0. The Morgan fingerprint density at radius 2 is 2.12 bits per heavy atom. The number of rotatable bonds is 5. The predicted molar refractivity (Wildman–Crippen MR) is 61.2 cm³/mol. The van der Waals surface area contributed by atoms with Crippen LogP contribution in [-0.4, -0.2) is 21.5 Å². The van der Waals surface area contributed by atoms with Crippen LogP contribution in [0, 0.1) is 0 Å². The van der Waals surface area contributed by atoms with E-state index in [2.05, 4.69) is 10.4 Å². The molecule has 1 amide bonds. The van der Waals surface area contributed by atoms with Gasteiger partial charge >= 0.3 is 0 Å². The Hall–Kier alpha value is -1.65. The minimum absolute atomic E-state index is 0.0208. The van der Waals surface area contributed by atoms with Crippen molar-refractivity contribution in [3.63, 3.8) is 0 Å². The lowest BCUT2D eigenvalue weighted by molar-refractivity contribution is -0.121. The van der Waals surface area contributed by atoms with Crippen molar-refractivity contribution in [3.8, 4) is 0 Å². The summed E-state index contributed by atoms with van der Waals surface area (Å²) in [7, 11) is 0. The average Bonchev–Trinajstić information content (AvgIpc) is 2.62. The fraction of sp³-hybridized carbons (Fsp3) is 0.545. The molecule has 88 valence electrons. The molecule has 0 atom stereocenters. The Labute approximate surface area is 94.8 Å². The highest BCUT2D eigenvalue weighted by atomic mass is 16.2. The fourth-order valence-corrected chi connectivity index (χ4v) is 1.32. The van der Waals surface area contributed by atoms with Gasteiger partial charge in [0.2, 0.25) is 5.91 Å². The van der Waals surface area contributed by atoms with Crippen LogP contribution in [0.15, 0.2) is 12.3 Å². The summed E-state index contributed by atoms with van der Waals surface area (Å²) in [6, 6.07) is 1.93. The van der Waals surface area contributed by atoms with Gasteiger partial charge in [0.1, 0.15) is 11.6 Å². The van der Waals surface area contributed by atoms with E-state index in [4.69, 9.17) is 0 Å². The normalized spacial score (nSPS) is 10.5. The molecule has 1 N–H and O–H groups in total. The zero-order valence-corrected chi connectivity index (χ0v) is 9.86. The second kappa shape index (κ2) is 5.44. The van der Waals surface area contributed by atoms with Crippen molar-refractivity contribution in [2.45, 2.75) is 39.7 Å². The van der Waals surface area contributed by atoms with E-state index in [1.54, 1.807) is 16.9 Å². The first-order valence-electron chi connectivity index (χ1n) is 5.33. The summed E-state index contributed by atoms with van der Waals surface area (Å²) in [6.07, 6.45) is 2.14. The van der Waals surface area contributed by atoms with E-state index < -0.39 is 0 Å². The first-order valence-corrected chi connectivity index (χ1v) is 5.33. The van der Waals surface area contributed by atoms with Crippen molar-refractivity contribution in [2.24, 2.45) is 0 Å². The maximum atomic E-state index is 11.5. The summed E-state index contributed by atoms with van der Waals surface area (Å²) in [4.78, 5) is 22.2. The van der Waals surface area contributed by atoms with Gasteiger partial charge in [-0.3, -0.25) is 4.79 Å². The van der Waals surface area contributed by atoms with Crippen molar-refractivity contribution in [3.05, 3.63) is 12.3 Å². The summed E-state index contributed by atoms with van der Waals surface area (Å²) in [5.41, 5.74) is 0. The van der Waals surface area contributed by atoms with Gasteiger partial charge in [-0.1, -0.05) is 0 Å². The molecule has 16 heavy (non-hydrogen) atoms. The van der Waals surface area contributed by atoms with Crippen LogP contribution < -0.4 is 5.32 Å². The standard InChI is InChI=1S/C11H17N3O2/c1-8(2)14-10(6-7-12-14)13-11(16)5-4-9(3)15/h6-8H,4-5H2,1-3H3,(H,13,16). The van der Waals surface area contributed by atoms with Crippen LogP contribution in [0.4, 0.5) is 5.82 Å². The highest BCUT2D eigenvalue weighted by Gasteiger charge is 2.09. The third kappa shape index (κ3) is 3.49. The Morgan fingerprint density at radius 1 is 1.44 bits per heavy atom. The third-order valence-electron chi connectivity index (χ3n) is 2.13. The molecule has 0 saturated carbocycles. The number of Topliss-reactive ketones (excluding diaryl/α,β-unsaturated/α-hetero) is 1. The van der Waals surface area contributed by atoms with Gasteiger partial charge < -0.3 is 10.1 Å². The van der Waals surface area contributed by atoms with E-state index in [0.717, 1.165) is 0 Å². The Morgan fingerprint density at radius 3 is 2.69 bits per heavy atom. The first-order chi connectivity index (χ1) is 7.50. The van der Waals surface area contributed by atoms with Gasteiger partial charge in [-0.15, -0.1) is 0 Å². The Balaban J connectivity index is 2.56. The second-order valence-corrected chi connectivity index (χ2v) is 4.00. The molecule has 0 fully saturated rings. The molecule has 5 nitrogen and oxygen atoms in total. The highest BCUT2D eigenvalue weighted by molar-refractivity contribution is 5.92. The minimum Gasteiger partial charge on any atom is -0.311 e. The molecular formula is C11H17N3O2. The lowest BCUT2D eigenvalue weighted by Crippen LogP contribution is -2.17. The second-order valence-electron chi connectivity index (χ2n) is 4.00. The summed E-state index contributed by atoms with van der Waals surface area (Å²) in [5.74, 6) is 0.536. The zero-order chi connectivity index (χ0) is 12.1. The topological polar surface area (TPSA) is 64.0 Å². The van der Waals surface area contributed by atoms with Gasteiger partial charge in [0.05, 0.1) is 6.20 Å². The first kappa shape index (κ1) is 12.4. The molecule has 0 aliphatic heterocycles. The lowest BCUT2D eigenvalue weighted by atomic mass is 10.2. The smallest absolute Gasteiger partial charge is 0.225 e. The largest absolute Gasteiger partial charge is 0.311 e. The highest BCUT2D eigenvalue weighted by Crippen LogP contribution is 2.13. The van der Waals surface area contributed by atoms with Crippen LogP contribution in [0.2, 0.25) is 0 Å². The van der Waals surface area contributed by atoms with Gasteiger partial charge in [0.15, 0.2) is 0 Å². The summed E-state index contributed by atoms with van der Waals surface area (Å²) in [5, 5.41) is 6.84. The maximum absolute atomic E-state index is 11.5. The number of nitrogens with zero attached hydrogens (tertiary/aromatic N) is 2. The van der Waals surface area contributed by atoms with Crippen LogP contribution in [0.3, 0.4) is 0 Å². The number of ketones is 1. The molecule has 0 unspecified atom stereocenters. The van der Waals surface area contributed by atoms with Crippen LogP contribution in [-0.2, 0) is 9.59 Å². The molecule has 0 saturated heterocycles. The number of carbonyl (C=O) groups excluding carboxylic acids is 2. The van der Waals surface area contributed by atoms with Gasteiger partial charge in [-0.2, -0.15) is 5.10 Å². The van der Waals surface area contributed by atoms with Crippen molar-refractivity contribution in [2.75, 3.05) is 5.32 Å². The molecule has 1 rings (SSSR count).